The summed E-state index contributed by atoms with van der Waals surface area (Å²) in [7, 11) is 0. The predicted molar refractivity (Wildman–Crippen MR) is 113 cm³/mol. The number of nitrogens with two attached hydrogens (primary N) is 1. The van der Waals surface area contributed by atoms with Gasteiger partial charge < -0.3 is 25.8 Å². The Hall–Kier alpha value is -2.66. The van der Waals surface area contributed by atoms with Crippen molar-refractivity contribution in [1.82, 2.24) is 25.4 Å². The molecule has 0 saturated carbocycles. The van der Waals surface area contributed by atoms with Crippen LogP contribution >= 0.6 is 11.8 Å². The lowest BCUT2D eigenvalue weighted by Crippen LogP contribution is -2.90. The van der Waals surface area contributed by atoms with Gasteiger partial charge in [-0.1, -0.05) is 11.8 Å². The second kappa shape index (κ2) is 9.65. The molecule has 3 fully saturated rings. The predicted octanol–water partition coefficient (Wildman–Crippen LogP) is -2.23. The number of thioether (sulfide) groups is 1. The molecule has 0 bridgehead atoms. The lowest BCUT2D eigenvalue weighted by Gasteiger charge is -2.41. The Kier molecular flexibility index (Phi) is 6.71. The molecule has 4 rings (SSSR count). The van der Waals surface area contributed by atoms with Gasteiger partial charge in [0.2, 0.25) is 11.8 Å². The average molecular weight is 448 g/mol. The van der Waals surface area contributed by atoms with Crippen LogP contribution in [0.3, 0.4) is 0 Å². The Morgan fingerprint density at radius 2 is 2.16 bits per heavy atom. The molecule has 3 aliphatic rings. The third-order valence-electron chi connectivity index (χ3n) is 5.88. The minimum Gasteiger partial charge on any atom is -0.354 e. The van der Waals surface area contributed by atoms with Crippen LogP contribution in [0.5, 0.6) is 0 Å². The largest absolute Gasteiger partial charge is 0.354 e. The highest BCUT2D eigenvalue weighted by molar-refractivity contribution is 7.99. The number of nitrogens with one attached hydrogen (secondary N) is 2. The molecular weight excluding hydrogens is 420 g/mol. The number of amides is 4. The van der Waals surface area contributed by atoms with Crippen molar-refractivity contribution in [2.75, 3.05) is 37.8 Å². The molecule has 166 valence electrons. The summed E-state index contributed by atoms with van der Waals surface area (Å²) in [5.74, 6) is 0.590. The number of hydrogen-bond acceptors (Lipinski definition) is 6. The lowest BCUT2D eigenvalue weighted by atomic mass is 10.0. The smallest absolute Gasteiger partial charge is 0.282 e. The van der Waals surface area contributed by atoms with E-state index >= 15 is 0 Å². The summed E-state index contributed by atoms with van der Waals surface area (Å²) >= 11 is 1.69. The molecule has 4 heterocycles. The first-order chi connectivity index (χ1) is 15.0. The second-order valence-corrected chi connectivity index (χ2v) is 8.99. The SMILES string of the molecule is O=C1NCCC[C@@H]1NC(=O)[C@@H]1CN(C(=O)c2cccnc2)CCN1C(=O)[C@@H]1CSC[NH2+]1. The molecule has 31 heavy (non-hydrogen) atoms. The van der Waals surface area contributed by atoms with Gasteiger partial charge in [0.05, 0.1) is 17.9 Å². The van der Waals surface area contributed by atoms with Gasteiger partial charge in [-0.15, -0.1) is 0 Å². The number of nitrogens with zero attached hydrogens (tertiary/aromatic N) is 3. The molecule has 3 saturated heterocycles. The first-order valence-corrected chi connectivity index (χ1v) is 11.7. The van der Waals surface area contributed by atoms with E-state index in [4.69, 9.17) is 0 Å². The van der Waals surface area contributed by atoms with Crippen molar-refractivity contribution in [3.63, 3.8) is 0 Å². The fourth-order valence-electron chi connectivity index (χ4n) is 4.14. The normalized spacial score (nSPS) is 26.3. The zero-order valence-corrected chi connectivity index (χ0v) is 18.0. The Morgan fingerprint density at radius 3 is 2.87 bits per heavy atom. The fraction of sp³-hybridized carbons (Fsp3) is 0.550. The van der Waals surface area contributed by atoms with Gasteiger partial charge in [-0.05, 0) is 25.0 Å². The van der Waals surface area contributed by atoms with E-state index in [-0.39, 0.29) is 36.9 Å². The summed E-state index contributed by atoms with van der Waals surface area (Å²) in [6.07, 6.45) is 4.43. The number of carbonyl (C=O) groups excluding carboxylic acids is 4. The highest BCUT2D eigenvalue weighted by Crippen LogP contribution is 2.17. The summed E-state index contributed by atoms with van der Waals surface area (Å²) in [6, 6.07) is 1.69. The van der Waals surface area contributed by atoms with Crippen molar-refractivity contribution < 1.29 is 24.5 Å². The summed E-state index contributed by atoms with van der Waals surface area (Å²) in [5.41, 5.74) is 0.439. The van der Waals surface area contributed by atoms with Gasteiger partial charge in [-0.3, -0.25) is 24.2 Å². The van der Waals surface area contributed by atoms with Crippen LogP contribution in [0.4, 0.5) is 0 Å². The van der Waals surface area contributed by atoms with Gasteiger partial charge in [0.25, 0.3) is 11.8 Å². The molecule has 4 N–H and O–H groups in total. The maximum atomic E-state index is 13.2. The molecule has 1 aromatic rings. The molecule has 0 aromatic carbocycles. The number of hydrogen-bond donors (Lipinski definition) is 3. The van der Waals surface area contributed by atoms with Crippen LogP contribution in [-0.2, 0) is 14.4 Å². The van der Waals surface area contributed by atoms with Crippen LogP contribution in [0, 0.1) is 0 Å². The van der Waals surface area contributed by atoms with Crippen LogP contribution in [-0.4, -0.2) is 94.3 Å². The van der Waals surface area contributed by atoms with E-state index < -0.39 is 18.0 Å². The van der Waals surface area contributed by atoms with E-state index in [1.165, 1.54) is 6.20 Å². The lowest BCUT2D eigenvalue weighted by molar-refractivity contribution is -0.649. The monoisotopic (exact) mass is 447 g/mol. The minimum absolute atomic E-state index is 0.0828. The molecule has 0 radical (unpaired) electrons. The zero-order chi connectivity index (χ0) is 21.8. The van der Waals surface area contributed by atoms with Gasteiger partial charge in [-0.2, -0.15) is 0 Å². The minimum atomic E-state index is -0.837. The maximum Gasteiger partial charge on any atom is 0.282 e. The van der Waals surface area contributed by atoms with Crippen molar-refractivity contribution in [3.05, 3.63) is 30.1 Å². The highest BCUT2D eigenvalue weighted by atomic mass is 32.2. The van der Waals surface area contributed by atoms with Gasteiger partial charge in [0.1, 0.15) is 18.0 Å². The van der Waals surface area contributed by atoms with Crippen LogP contribution in [0.25, 0.3) is 0 Å². The molecule has 3 atom stereocenters. The van der Waals surface area contributed by atoms with Gasteiger partial charge >= 0.3 is 0 Å². The van der Waals surface area contributed by atoms with Crippen molar-refractivity contribution in [1.29, 1.82) is 0 Å². The first kappa shape index (κ1) is 21.6. The number of piperazine rings is 1. The number of quaternary nitrogens is 1. The Labute approximate surface area is 184 Å². The Morgan fingerprint density at radius 1 is 1.29 bits per heavy atom. The van der Waals surface area contributed by atoms with Crippen LogP contribution in [0.2, 0.25) is 0 Å². The van der Waals surface area contributed by atoms with E-state index in [9.17, 15) is 19.2 Å². The topological polar surface area (TPSA) is 128 Å². The number of pyridine rings is 1. The third-order valence-corrected chi connectivity index (χ3v) is 6.90. The highest BCUT2D eigenvalue weighted by Gasteiger charge is 2.42. The second-order valence-electron chi connectivity index (χ2n) is 7.91. The standard InChI is InChI=1S/C20H26N6O4S/c27-17-14(4-2-6-22-17)24-18(28)16-10-25(19(29)13-3-1-5-21-9-13)7-8-26(16)20(30)15-11-31-12-23-15/h1,3,5,9,14-16,23H,2,4,6-8,10-12H2,(H,22,27)(H,24,28)/p+1/t14-,15-,16-/m0/s1. The van der Waals surface area contributed by atoms with Crippen LogP contribution in [0.1, 0.15) is 23.2 Å². The van der Waals surface area contributed by atoms with Crippen molar-refractivity contribution in [2.24, 2.45) is 0 Å². The molecule has 11 heteroatoms. The molecular formula is C20H27N6O4S+. The quantitative estimate of drug-likeness (QED) is 0.479. The van der Waals surface area contributed by atoms with Gasteiger partial charge in [0.15, 0.2) is 6.04 Å². The van der Waals surface area contributed by atoms with E-state index in [1.54, 1.807) is 39.9 Å². The van der Waals surface area contributed by atoms with Gasteiger partial charge in [-0.25, -0.2) is 0 Å². The number of piperidine rings is 1. The molecule has 0 unspecified atom stereocenters. The fourth-order valence-corrected chi connectivity index (χ4v) is 5.17. The van der Waals surface area contributed by atoms with Gasteiger partial charge in [0, 0.05) is 32.0 Å². The first-order valence-electron chi connectivity index (χ1n) is 10.5. The summed E-state index contributed by atoms with van der Waals surface area (Å²) < 4.78 is 0. The summed E-state index contributed by atoms with van der Waals surface area (Å²) in [4.78, 5) is 58.5. The van der Waals surface area contributed by atoms with E-state index in [2.05, 4.69) is 15.6 Å². The van der Waals surface area contributed by atoms with Crippen molar-refractivity contribution in [3.8, 4) is 0 Å². The van der Waals surface area contributed by atoms with E-state index in [1.807, 2.05) is 5.32 Å². The molecule has 0 spiro atoms. The van der Waals surface area contributed by atoms with E-state index in [0.717, 1.165) is 12.3 Å². The van der Waals surface area contributed by atoms with Crippen molar-refractivity contribution >= 4 is 35.4 Å². The molecule has 1 aromatic heterocycles. The maximum absolute atomic E-state index is 13.2. The molecule has 10 nitrogen and oxygen atoms in total. The summed E-state index contributed by atoms with van der Waals surface area (Å²) in [5, 5.41) is 7.53. The molecule has 4 amide bonds. The Balaban J connectivity index is 1.51. The number of rotatable bonds is 4. The van der Waals surface area contributed by atoms with Crippen LogP contribution in [0.15, 0.2) is 24.5 Å². The molecule has 0 aliphatic carbocycles. The molecule has 3 aliphatic heterocycles. The van der Waals surface area contributed by atoms with Crippen LogP contribution < -0.4 is 16.0 Å². The number of aromatic nitrogens is 1. The third kappa shape index (κ3) is 4.82. The zero-order valence-electron chi connectivity index (χ0n) is 17.2. The summed E-state index contributed by atoms with van der Waals surface area (Å²) in [6.45, 7) is 1.29. The Bertz CT molecular complexity index is 847. The van der Waals surface area contributed by atoms with Crippen molar-refractivity contribution in [2.45, 2.75) is 31.0 Å². The average Bonchev–Trinajstić information content (AvgIpc) is 3.35. The van der Waals surface area contributed by atoms with E-state index in [0.29, 0.717) is 30.8 Å². The number of carbonyl (C=O) groups is 4.